The first-order valence-corrected chi connectivity index (χ1v) is 5.98. The summed E-state index contributed by atoms with van der Waals surface area (Å²) in [4.78, 5) is 4.60. The van der Waals surface area contributed by atoms with Gasteiger partial charge in [0.1, 0.15) is 6.10 Å². The third-order valence-corrected chi connectivity index (χ3v) is 3.21. The predicted octanol–water partition coefficient (Wildman–Crippen LogP) is 2.45. The van der Waals surface area contributed by atoms with Crippen molar-refractivity contribution in [3.8, 4) is 0 Å². The normalized spacial score (nSPS) is 25.0. The van der Waals surface area contributed by atoms with E-state index in [4.69, 9.17) is 4.74 Å². The molecule has 2 aromatic rings. The molecule has 88 valence electrons. The average molecular weight is 229 g/mol. The van der Waals surface area contributed by atoms with Gasteiger partial charge in [0.25, 0.3) is 0 Å². The van der Waals surface area contributed by atoms with Gasteiger partial charge in [-0.25, -0.2) is 0 Å². The molecule has 0 radical (unpaired) electrons. The summed E-state index contributed by atoms with van der Waals surface area (Å²) >= 11 is 0. The quantitative estimate of drug-likeness (QED) is 0.816. The van der Waals surface area contributed by atoms with Gasteiger partial charge in [-0.1, -0.05) is 24.3 Å². The highest BCUT2D eigenvalue weighted by Crippen LogP contribution is 2.27. The van der Waals surface area contributed by atoms with E-state index in [1.54, 1.807) is 0 Å². The average Bonchev–Trinajstić information content (AvgIpc) is 2.38. The Morgan fingerprint density at radius 2 is 2.06 bits per heavy atom. The van der Waals surface area contributed by atoms with Gasteiger partial charge in [0.05, 0.1) is 17.3 Å². The number of hydrogen-bond donors (Lipinski definition) is 1. The van der Waals surface area contributed by atoms with Crippen molar-refractivity contribution in [2.75, 3.05) is 6.61 Å². The summed E-state index contributed by atoms with van der Waals surface area (Å²) in [5.41, 5.74) is 1.90. The first kappa shape index (κ1) is 10.7. The molecule has 1 N–H and O–H groups in total. The standard InChI is InChI=1S/C14H15NO2/c16-11-7-8-17-14(9-11)13-6-5-10-3-1-2-4-12(10)15-13/h1-6,11,14,16H,7-9H2. The van der Waals surface area contributed by atoms with E-state index in [1.807, 2.05) is 30.3 Å². The molecule has 1 aliphatic heterocycles. The largest absolute Gasteiger partial charge is 0.393 e. The molecule has 0 amide bonds. The number of fused-ring (bicyclic) bond motifs is 1. The van der Waals surface area contributed by atoms with Gasteiger partial charge in [-0.05, 0) is 18.6 Å². The SMILES string of the molecule is OC1CCOC(c2ccc3ccccc3n2)C1. The first-order valence-electron chi connectivity index (χ1n) is 5.98. The maximum atomic E-state index is 9.65. The van der Waals surface area contributed by atoms with E-state index >= 15 is 0 Å². The van der Waals surface area contributed by atoms with E-state index in [1.165, 1.54) is 0 Å². The van der Waals surface area contributed by atoms with Crippen LogP contribution in [0, 0.1) is 0 Å². The molecule has 1 aliphatic rings. The van der Waals surface area contributed by atoms with Gasteiger partial charge in [-0.2, -0.15) is 0 Å². The number of aliphatic hydroxyl groups is 1. The Morgan fingerprint density at radius 3 is 2.94 bits per heavy atom. The fourth-order valence-corrected chi connectivity index (χ4v) is 2.25. The summed E-state index contributed by atoms with van der Waals surface area (Å²) in [5, 5.41) is 10.8. The van der Waals surface area contributed by atoms with E-state index in [2.05, 4.69) is 11.1 Å². The van der Waals surface area contributed by atoms with Crippen LogP contribution in [-0.4, -0.2) is 22.8 Å². The number of para-hydroxylation sites is 1. The van der Waals surface area contributed by atoms with Crippen LogP contribution in [0.5, 0.6) is 0 Å². The van der Waals surface area contributed by atoms with Crippen LogP contribution in [0.15, 0.2) is 36.4 Å². The zero-order valence-electron chi connectivity index (χ0n) is 9.54. The predicted molar refractivity (Wildman–Crippen MR) is 65.7 cm³/mol. The van der Waals surface area contributed by atoms with Gasteiger partial charge in [0.2, 0.25) is 0 Å². The molecule has 0 bridgehead atoms. The monoisotopic (exact) mass is 229 g/mol. The molecule has 2 heterocycles. The van der Waals surface area contributed by atoms with Gasteiger partial charge < -0.3 is 9.84 Å². The van der Waals surface area contributed by atoms with Crippen LogP contribution < -0.4 is 0 Å². The number of hydrogen-bond acceptors (Lipinski definition) is 3. The van der Waals surface area contributed by atoms with E-state index < -0.39 is 0 Å². The second-order valence-electron chi connectivity index (χ2n) is 4.47. The fourth-order valence-electron chi connectivity index (χ4n) is 2.25. The van der Waals surface area contributed by atoms with Crippen molar-refractivity contribution in [3.63, 3.8) is 0 Å². The number of benzene rings is 1. The Bertz CT molecular complexity index is 526. The van der Waals surface area contributed by atoms with Crippen molar-refractivity contribution in [1.29, 1.82) is 0 Å². The molecule has 1 aromatic heterocycles. The minimum Gasteiger partial charge on any atom is -0.393 e. The lowest BCUT2D eigenvalue weighted by atomic mass is 10.0. The summed E-state index contributed by atoms with van der Waals surface area (Å²) in [6.45, 7) is 0.611. The second-order valence-corrected chi connectivity index (χ2v) is 4.47. The van der Waals surface area contributed by atoms with Crippen LogP contribution in [0.25, 0.3) is 10.9 Å². The summed E-state index contributed by atoms with van der Waals surface area (Å²) in [6.07, 6.45) is 1.04. The van der Waals surface area contributed by atoms with Crippen molar-refractivity contribution < 1.29 is 9.84 Å². The molecule has 2 atom stereocenters. The maximum absolute atomic E-state index is 9.65. The highest BCUT2D eigenvalue weighted by Gasteiger charge is 2.23. The summed E-state index contributed by atoms with van der Waals surface area (Å²) in [6, 6.07) is 12.1. The first-order chi connectivity index (χ1) is 8.33. The van der Waals surface area contributed by atoms with Crippen LogP contribution in [0.1, 0.15) is 24.6 Å². The number of aliphatic hydroxyl groups excluding tert-OH is 1. The summed E-state index contributed by atoms with van der Waals surface area (Å²) in [7, 11) is 0. The highest BCUT2D eigenvalue weighted by molar-refractivity contribution is 5.78. The summed E-state index contributed by atoms with van der Waals surface area (Å²) < 4.78 is 5.66. The molecule has 2 unspecified atom stereocenters. The minimum atomic E-state index is -0.262. The van der Waals surface area contributed by atoms with Crippen LogP contribution in [0.4, 0.5) is 0 Å². The van der Waals surface area contributed by atoms with Crippen molar-refractivity contribution in [1.82, 2.24) is 4.98 Å². The zero-order valence-corrected chi connectivity index (χ0v) is 9.54. The maximum Gasteiger partial charge on any atom is 0.102 e. The molecule has 17 heavy (non-hydrogen) atoms. The molecule has 0 aliphatic carbocycles. The Morgan fingerprint density at radius 1 is 1.18 bits per heavy atom. The van der Waals surface area contributed by atoms with Crippen molar-refractivity contribution in [3.05, 3.63) is 42.1 Å². The molecule has 1 aromatic carbocycles. The Balaban J connectivity index is 1.94. The van der Waals surface area contributed by atoms with Crippen molar-refractivity contribution >= 4 is 10.9 Å². The van der Waals surface area contributed by atoms with E-state index in [9.17, 15) is 5.11 Å². The van der Waals surface area contributed by atoms with Gasteiger partial charge >= 0.3 is 0 Å². The second kappa shape index (κ2) is 4.43. The zero-order chi connectivity index (χ0) is 11.7. The molecule has 3 rings (SSSR count). The van der Waals surface area contributed by atoms with Crippen molar-refractivity contribution in [2.45, 2.75) is 25.0 Å². The number of nitrogens with zero attached hydrogens (tertiary/aromatic N) is 1. The molecule has 1 fully saturated rings. The van der Waals surface area contributed by atoms with E-state index in [-0.39, 0.29) is 12.2 Å². The highest BCUT2D eigenvalue weighted by atomic mass is 16.5. The third-order valence-electron chi connectivity index (χ3n) is 3.21. The number of pyridine rings is 1. The molecule has 3 nitrogen and oxygen atoms in total. The molecular formula is C14H15NO2. The molecular weight excluding hydrogens is 214 g/mol. The topological polar surface area (TPSA) is 42.4 Å². The van der Waals surface area contributed by atoms with Crippen LogP contribution in [0.2, 0.25) is 0 Å². The summed E-state index contributed by atoms with van der Waals surface area (Å²) in [5.74, 6) is 0. The molecule has 0 saturated carbocycles. The van der Waals surface area contributed by atoms with Gasteiger partial charge in [-0.3, -0.25) is 4.98 Å². The Labute approximate surface area is 100 Å². The van der Waals surface area contributed by atoms with Crippen LogP contribution in [0.3, 0.4) is 0 Å². The van der Waals surface area contributed by atoms with Crippen LogP contribution in [-0.2, 0) is 4.74 Å². The lowest BCUT2D eigenvalue weighted by molar-refractivity contribution is -0.0465. The van der Waals surface area contributed by atoms with Gasteiger partial charge in [0.15, 0.2) is 0 Å². The number of rotatable bonds is 1. The van der Waals surface area contributed by atoms with Gasteiger partial charge in [0, 0.05) is 18.4 Å². The Hall–Kier alpha value is -1.45. The smallest absolute Gasteiger partial charge is 0.102 e. The third kappa shape index (κ3) is 2.16. The van der Waals surface area contributed by atoms with E-state index in [0.717, 1.165) is 23.0 Å². The van der Waals surface area contributed by atoms with E-state index in [0.29, 0.717) is 13.0 Å². The lowest BCUT2D eigenvalue weighted by Crippen LogP contribution is -2.23. The van der Waals surface area contributed by atoms with Gasteiger partial charge in [-0.15, -0.1) is 0 Å². The van der Waals surface area contributed by atoms with Crippen molar-refractivity contribution in [2.24, 2.45) is 0 Å². The lowest BCUT2D eigenvalue weighted by Gasteiger charge is -2.26. The fraction of sp³-hybridized carbons (Fsp3) is 0.357. The molecule has 1 saturated heterocycles. The number of aromatic nitrogens is 1. The number of ether oxygens (including phenoxy) is 1. The van der Waals surface area contributed by atoms with Crippen LogP contribution >= 0.6 is 0 Å². The Kier molecular flexibility index (Phi) is 2.79. The molecule has 3 heteroatoms. The molecule has 0 spiro atoms. The minimum absolute atomic E-state index is 0.0663.